The molecule has 4 aliphatic heterocycles. The Labute approximate surface area is 311 Å². The van der Waals surface area contributed by atoms with Crippen molar-refractivity contribution in [1.29, 1.82) is 5.26 Å². The van der Waals surface area contributed by atoms with Gasteiger partial charge in [0.2, 0.25) is 0 Å². The van der Waals surface area contributed by atoms with Crippen LogP contribution in [0.4, 0.5) is 20.4 Å². The Balaban J connectivity index is 1.28. The molecule has 6 atom stereocenters. The summed E-state index contributed by atoms with van der Waals surface area (Å²) in [5, 5.41) is 10.5. The van der Waals surface area contributed by atoms with Crippen LogP contribution in [0, 0.1) is 23.1 Å². The number of rotatable bonds is 8. The molecule has 0 spiro atoms. The zero-order chi connectivity index (χ0) is 36.5. The number of fused-ring (bicyclic) bond motifs is 2. The zero-order valence-electron chi connectivity index (χ0n) is 28.6. The van der Waals surface area contributed by atoms with Gasteiger partial charge in [-0.05, 0) is 44.9 Å². The van der Waals surface area contributed by atoms with E-state index in [1.165, 1.54) is 12.2 Å². The Morgan fingerprint density at radius 3 is 2.90 bits per heavy atom. The van der Waals surface area contributed by atoms with Crippen molar-refractivity contribution in [2.24, 2.45) is 11.7 Å². The lowest BCUT2D eigenvalue weighted by molar-refractivity contribution is 0.108. The topological polar surface area (TPSA) is 157 Å². The smallest absolute Gasteiger partial charge is 0.319 e. The van der Waals surface area contributed by atoms with Crippen LogP contribution < -0.4 is 25.8 Å². The van der Waals surface area contributed by atoms with Crippen LogP contribution in [0.25, 0.3) is 10.9 Å². The number of benzene rings is 1. The number of aromatic nitrogens is 3. The van der Waals surface area contributed by atoms with Gasteiger partial charge in [-0.25, -0.2) is 13.8 Å². The maximum absolute atomic E-state index is 17.4. The number of hydrogen-bond acceptors (Lipinski definition) is 12. The molecule has 1 aliphatic carbocycles. The number of thioether (sulfide) groups is 1. The summed E-state index contributed by atoms with van der Waals surface area (Å²) >= 11 is 8.08. The molecule has 0 amide bonds. The highest BCUT2D eigenvalue weighted by Gasteiger charge is 2.51. The molecule has 3 unspecified atom stereocenters. The predicted molar refractivity (Wildman–Crippen MR) is 198 cm³/mol. The first-order chi connectivity index (χ1) is 25.1. The SMILES string of the molecule is CCS(=O)[C@H]1CN2CCC[C@@]2(COc2nc3c4c(c(Cl)c(C5C=CC(F)=C6SC(N)=C(C#N)C65)c(F)c4n2)OCCN3[C@H](C)c2cccnc2N)C1. The van der Waals surface area contributed by atoms with E-state index in [-0.39, 0.29) is 78.8 Å². The van der Waals surface area contributed by atoms with Crippen LogP contribution >= 0.6 is 23.4 Å². The van der Waals surface area contributed by atoms with E-state index in [1.54, 1.807) is 12.3 Å². The lowest BCUT2D eigenvalue weighted by Gasteiger charge is -2.32. The largest absolute Gasteiger partial charge is 0.489 e. The Morgan fingerprint density at radius 2 is 2.13 bits per heavy atom. The number of allylic oxidation sites excluding steroid dienone is 5. The molecule has 3 aromatic rings. The highest BCUT2D eigenvalue weighted by atomic mass is 35.5. The summed E-state index contributed by atoms with van der Waals surface area (Å²) in [4.78, 5) is 18.4. The molecule has 2 saturated heterocycles. The van der Waals surface area contributed by atoms with Crippen LogP contribution in [0.15, 0.2) is 51.8 Å². The van der Waals surface area contributed by atoms with E-state index in [1.807, 2.05) is 24.8 Å². The van der Waals surface area contributed by atoms with Crippen molar-refractivity contribution in [2.75, 3.05) is 49.2 Å². The van der Waals surface area contributed by atoms with Crippen molar-refractivity contribution in [3.63, 3.8) is 0 Å². The van der Waals surface area contributed by atoms with Crippen LogP contribution in [-0.2, 0) is 10.8 Å². The van der Waals surface area contributed by atoms with Crippen LogP contribution in [0.5, 0.6) is 11.8 Å². The van der Waals surface area contributed by atoms with E-state index >= 15 is 8.78 Å². The monoisotopic (exact) mass is 766 g/mol. The number of nitrogens with zero attached hydrogens (tertiary/aromatic N) is 6. The summed E-state index contributed by atoms with van der Waals surface area (Å²) in [6.07, 6.45) is 6.96. The number of pyridine rings is 1. The van der Waals surface area contributed by atoms with Gasteiger partial charge in [0.05, 0.1) is 45.2 Å². The van der Waals surface area contributed by atoms with Crippen molar-refractivity contribution < 1.29 is 22.5 Å². The van der Waals surface area contributed by atoms with Gasteiger partial charge in [0.1, 0.15) is 36.2 Å². The maximum atomic E-state index is 17.4. The van der Waals surface area contributed by atoms with Gasteiger partial charge in [0, 0.05) is 62.4 Å². The summed E-state index contributed by atoms with van der Waals surface area (Å²) in [7, 11) is -0.948. The van der Waals surface area contributed by atoms with E-state index in [0.717, 1.165) is 49.7 Å². The minimum atomic E-state index is -0.948. The van der Waals surface area contributed by atoms with Gasteiger partial charge >= 0.3 is 6.01 Å². The molecular weight excluding hydrogens is 730 g/mol. The minimum Gasteiger partial charge on any atom is -0.489 e. The van der Waals surface area contributed by atoms with E-state index in [0.29, 0.717) is 23.9 Å². The molecular formula is C36H37ClF2N8O3S2. The Hall–Kier alpha value is -3.97. The fraction of sp³-hybridized carbons (Fsp3) is 0.444. The summed E-state index contributed by atoms with van der Waals surface area (Å²) in [5.74, 6) is -1.60. The molecule has 0 radical (unpaired) electrons. The third-order valence-electron chi connectivity index (χ3n) is 11.1. The minimum absolute atomic E-state index is 0.00769. The highest BCUT2D eigenvalue weighted by Crippen LogP contribution is 2.57. The maximum Gasteiger partial charge on any atom is 0.319 e. The van der Waals surface area contributed by atoms with Crippen LogP contribution in [-0.4, -0.2) is 73.5 Å². The van der Waals surface area contributed by atoms with Crippen LogP contribution in [0.2, 0.25) is 5.02 Å². The van der Waals surface area contributed by atoms with Crippen molar-refractivity contribution in [3.8, 4) is 17.8 Å². The Morgan fingerprint density at radius 1 is 1.31 bits per heavy atom. The normalized spacial score (nSPS) is 26.6. The predicted octanol–water partition coefficient (Wildman–Crippen LogP) is 6.01. The quantitative estimate of drug-likeness (QED) is 0.276. The van der Waals surface area contributed by atoms with E-state index < -0.39 is 34.3 Å². The second kappa shape index (κ2) is 13.5. The fourth-order valence-corrected chi connectivity index (χ4v) is 11.3. The molecule has 52 heavy (non-hydrogen) atoms. The molecule has 8 rings (SSSR count). The van der Waals surface area contributed by atoms with Gasteiger partial charge in [-0.3, -0.25) is 9.11 Å². The number of hydrogen-bond donors (Lipinski definition) is 2. The lowest BCUT2D eigenvalue weighted by Crippen LogP contribution is -2.43. The number of ether oxygens (including phenoxy) is 2. The first-order valence-electron chi connectivity index (χ1n) is 17.3. The fourth-order valence-electron chi connectivity index (χ4n) is 8.54. The number of nitriles is 1. The van der Waals surface area contributed by atoms with Crippen molar-refractivity contribution in [1.82, 2.24) is 19.9 Å². The highest BCUT2D eigenvalue weighted by molar-refractivity contribution is 8.07. The molecule has 6 heterocycles. The summed E-state index contributed by atoms with van der Waals surface area (Å²) < 4.78 is 58.2. The van der Waals surface area contributed by atoms with Gasteiger partial charge in [-0.15, -0.1) is 0 Å². The molecule has 0 bridgehead atoms. The van der Waals surface area contributed by atoms with Crippen molar-refractivity contribution >= 4 is 56.7 Å². The zero-order valence-corrected chi connectivity index (χ0v) is 31.0. The number of anilines is 2. The molecule has 2 aromatic heterocycles. The number of halogens is 3. The second-order valence-corrected chi connectivity index (χ2v) is 17.2. The van der Waals surface area contributed by atoms with Gasteiger partial charge < -0.3 is 25.8 Å². The van der Waals surface area contributed by atoms with Gasteiger partial charge in [-0.2, -0.15) is 15.2 Å². The molecule has 0 saturated carbocycles. The number of nitrogen functional groups attached to an aromatic ring is 1. The van der Waals surface area contributed by atoms with E-state index in [2.05, 4.69) is 16.0 Å². The first kappa shape index (κ1) is 35.1. The molecule has 16 heteroatoms. The van der Waals surface area contributed by atoms with Crippen molar-refractivity contribution in [3.05, 3.63) is 73.8 Å². The van der Waals surface area contributed by atoms with Gasteiger partial charge in [-0.1, -0.05) is 42.4 Å². The van der Waals surface area contributed by atoms with Gasteiger partial charge in [0.25, 0.3) is 0 Å². The van der Waals surface area contributed by atoms with Crippen molar-refractivity contribution in [2.45, 2.75) is 55.9 Å². The first-order valence-corrected chi connectivity index (χ1v) is 19.9. The average molecular weight is 767 g/mol. The van der Waals surface area contributed by atoms with Crippen LogP contribution in [0.1, 0.15) is 56.2 Å². The lowest BCUT2D eigenvalue weighted by atomic mass is 9.78. The van der Waals surface area contributed by atoms with Gasteiger partial charge in [0.15, 0.2) is 11.6 Å². The molecule has 5 aliphatic rings. The second-order valence-electron chi connectivity index (χ2n) is 13.7. The standard InChI is InChI=1S/C36H37ClF2N8O3S2/c1-3-52(48)19-14-36(9-5-11-46(36)16-19)17-50-35-44-29-26-30(49-13-12-47(34(26)45-35)18(2)20-6-4-10-43-32(20)41)27(37)25(28(29)39)21-7-8-23(38)31-24(21)22(15-40)33(42)51-31/h4,6-8,10,18-19,21,24H,3,5,9,11-14,16-17,42H2,1-2H3,(H2,41,43)/t18-,19-,21?,24?,36+,52?/m1/s1. The Kier molecular flexibility index (Phi) is 9.08. The molecule has 2 fully saturated rings. The summed E-state index contributed by atoms with van der Waals surface area (Å²) in [6, 6.07) is 5.36. The summed E-state index contributed by atoms with van der Waals surface area (Å²) in [5.41, 5.74) is 13.0. The third-order valence-corrected chi connectivity index (χ3v) is 14.2. The summed E-state index contributed by atoms with van der Waals surface area (Å²) in [6.45, 7) is 6.22. The van der Waals surface area contributed by atoms with E-state index in [9.17, 15) is 9.47 Å². The molecule has 11 nitrogen and oxygen atoms in total. The average Bonchev–Trinajstić information content (AvgIpc) is 3.76. The third kappa shape index (κ3) is 5.52. The molecule has 272 valence electrons. The van der Waals surface area contributed by atoms with Crippen LogP contribution in [0.3, 0.4) is 0 Å². The molecule has 4 N–H and O–H groups in total. The van der Waals surface area contributed by atoms with E-state index in [4.69, 9.17) is 42.5 Å². The molecule has 1 aromatic carbocycles. The Bertz CT molecular complexity index is 2160. The number of nitrogens with two attached hydrogens (primary N) is 2.